The third-order valence-corrected chi connectivity index (χ3v) is 7.21. The van der Waals surface area contributed by atoms with E-state index in [0.717, 1.165) is 48.4 Å². The first-order valence-electron chi connectivity index (χ1n) is 11.4. The van der Waals surface area contributed by atoms with Crippen molar-refractivity contribution >= 4 is 23.7 Å². The highest BCUT2D eigenvalue weighted by Gasteiger charge is 2.36. The second kappa shape index (κ2) is 8.88. The van der Waals surface area contributed by atoms with Crippen LogP contribution in [0.1, 0.15) is 41.0 Å². The van der Waals surface area contributed by atoms with E-state index in [9.17, 15) is 14.7 Å². The average molecular weight is 471 g/mol. The van der Waals surface area contributed by atoms with Crippen molar-refractivity contribution in [2.24, 2.45) is 0 Å². The number of likely N-dealkylation sites (N-methyl/N-ethyl adjacent to an activating group) is 1. The zero-order valence-electron chi connectivity index (χ0n) is 18.6. The molecule has 1 N–H and O–H groups in total. The highest BCUT2D eigenvalue weighted by atomic mass is 35.5. The molecule has 174 valence electrons. The van der Waals surface area contributed by atoms with Gasteiger partial charge in [-0.3, -0.25) is 4.90 Å². The SMILES string of the molecule is CN1CCc2cc(Cl)c(OC(=O)N3CCC[C@H]3C(=O)O)cc2C(c2cccc3c2OCC3)C1. The number of carboxylic acid groups (broad SMARTS) is 1. The number of nitrogens with zero attached hydrogens (tertiary/aromatic N) is 2. The third kappa shape index (κ3) is 4.15. The minimum Gasteiger partial charge on any atom is -0.493 e. The number of carbonyl (C=O) groups is 2. The van der Waals surface area contributed by atoms with E-state index in [2.05, 4.69) is 30.1 Å². The molecule has 2 atom stereocenters. The summed E-state index contributed by atoms with van der Waals surface area (Å²) in [6.45, 7) is 2.74. The van der Waals surface area contributed by atoms with E-state index in [1.807, 2.05) is 12.1 Å². The third-order valence-electron chi connectivity index (χ3n) is 6.92. The molecule has 1 fully saturated rings. The van der Waals surface area contributed by atoms with E-state index in [1.54, 1.807) is 0 Å². The van der Waals surface area contributed by atoms with Gasteiger partial charge in [-0.05, 0) is 55.1 Å². The molecule has 3 aliphatic heterocycles. The van der Waals surface area contributed by atoms with Crippen molar-refractivity contribution in [3.63, 3.8) is 0 Å². The predicted molar refractivity (Wildman–Crippen MR) is 124 cm³/mol. The first kappa shape index (κ1) is 22.0. The minimum absolute atomic E-state index is 0.0359. The molecule has 33 heavy (non-hydrogen) atoms. The minimum atomic E-state index is -1.02. The molecule has 0 radical (unpaired) electrons. The summed E-state index contributed by atoms with van der Waals surface area (Å²) >= 11 is 6.54. The molecule has 2 aromatic carbocycles. The molecule has 1 amide bonds. The van der Waals surface area contributed by atoms with Gasteiger partial charge in [-0.2, -0.15) is 0 Å². The molecule has 0 aromatic heterocycles. The van der Waals surface area contributed by atoms with Gasteiger partial charge in [-0.1, -0.05) is 29.8 Å². The Bertz CT molecular complexity index is 1100. The molecule has 1 saturated heterocycles. The Hall–Kier alpha value is -2.77. The second-order valence-electron chi connectivity index (χ2n) is 9.04. The largest absolute Gasteiger partial charge is 0.493 e. The second-order valence-corrected chi connectivity index (χ2v) is 9.45. The number of para-hydroxylation sites is 1. The maximum Gasteiger partial charge on any atom is 0.416 e. The fourth-order valence-corrected chi connectivity index (χ4v) is 5.44. The van der Waals surface area contributed by atoms with Gasteiger partial charge < -0.3 is 19.5 Å². The van der Waals surface area contributed by atoms with Crippen molar-refractivity contribution in [3.05, 3.63) is 57.6 Å². The van der Waals surface area contributed by atoms with Crippen LogP contribution < -0.4 is 9.47 Å². The first-order chi connectivity index (χ1) is 15.9. The number of halogens is 1. The first-order valence-corrected chi connectivity index (χ1v) is 11.8. The Morgan fingerprint density at radius 2 is 2.00 bits per heavy atom. The fraction of sp³-hybridized carbons (Fsp3) is 0.440. The smallest absolute Gasteiger partial charge is 0.416 e. The summed E-state index contributed by atoms with van der Waals surface area (Å²) in [5.74, 6) is 0.241. The number of aliphatic carboxylic acids is 1. The van der Waals surface area contributed by atoms with Gasteiger partial charge in [0.1, 0.15) is 11.8 Å². The lowest BCUT2D eigenvalue weighted by Gasteiger charge is -2.25. The molecule has 3 heterocycles. The lowest BCUT2D eigenvalue weighted by Crippen LogP contribution is -2.42. The molecule has 1 unspecified atom stereocenters. The van der Waals surface area contributed by atoms with Crippen LogP contribution in [0.3, 0.4) is 0 Å². The predicted octanol–water partition coefficient (Wildman–Crippen LogP) is 3.94. The summed E-state index contributed by atoms with van der Waals surface area (Å²) in [5, 5.41) is 9.77. The number of likely N-dealkylation sites (tertiary alicyclic amines) is 1. The summed E-state index contributed by atoms with van der Waals surface area (Å²) in [6.07, 6.45) is 2.13. The normalized spacial score (nSPS) is 22.3. The maximum atomic E-state index is 12.8. The highest BCUT2D eigenvalue weighted by molar-refractivity contribution is 6.32. The van der Waals surface area contributed by atoms with Crippen LogP contribution >= 0.6 is 11.6 Å². The topological polar surface area (TPSA) is 79.3 Å². The van der Waals surface area contributed by atoms with Gasteiger partial charge in [0.2, 0.25) is 0 Å². The zero-order valence-corrected chi connectivity index (χ0v) is 19.3. The van der Waals surface area contributed by atoms with Crippen molar-refractivity contribution in [2.45, 2.75) is 37.6 Å². The number of amides is 1. The molecule has 8 heteroatoms. The van der Waals surface area contributed by atoms with Crippen LogP contribution in [0, 0.1) is 0 Å². The van der Waals surface area contributed by atoms with Crippen molar-refractivity contribution in [1.82, 2.24) is 9.80 Å². The number of ether oxygens (including phenoxy) is 2. The van der Waals surface area contributed by atoms with Crippen molar-refractivity contribution in [1.29, 1.82) is 0 Å². The number of carboxylic acids is 1. The molecule has 2 aromatic rings. The van der Waals surface area contributed by atoms with Crippen molar-refractivity contribution in [2.75, 3.05) is 33.3 Å². The average Bonchev–Trinajstić information content (AvgIpc) is 3.44. The Labute approximate surface area is 197 Å². The van der Waals surface area contributed by atoms with E-state index in [-0.39, 0.29) is 11.7 Å². The number of fused-ring (bicyclic) bond motifs is 2. The van der Waals surface area contributed by atoms with Crippen LogP contribution in [0.15, 0.2) is 30.3 Å². The van der Waals surface area contributed by atoms with Gasteiger partial charge in [-0.25, -0.2) is 9.59 Å². The van der Waals surface area contributed by atoms with Crippen LogP contribution in [0.2, 0.25) is 5.02 Å². The Morgan fingerprint density at radius 3 is 2.82 bits per heavy atom. The summed E-state index contributed by atoms with van der Waals surface area (Å²) < 4.78 is 11.7. The Balaban J connectivity index is 1.51. The monoisotopic (exact) mass is 470 g/mol. The number of hydrogen-bond donors (Lipinski definition) is 1. The molecule has 0 aliphatic carbocycles. The van der Waals surface area contributed by atoms with Crippen LogP contribution in [0.5, 0.6) is 11.5 Å². The van der Waals surface area contributed by atoms with E-state index in [0.29, 0.717) is 31.0 Å². The standard InChI is InChI=1S/C25H27ClN2O5/c1-27-10-7-16-12-20(26)22(33-25(31)28-9-3-6-21(28)24(29)30)13-18(16)19(14-27)17-5-2-4-15-8-11-32-23(15)17/h2,4-5,12-13,19,21H,3,6-11,14H2,1H3,(H,29,30)/t19?,21-/m0/s1. The van der Waals surface area contributed by atoms with Crippen LogP contribution in [0.25, 0.3) is 0 Å². The molecular formula is C25H27ClN2O5. The Morgan fingerprint density at radius 1 is 1.15 bits per heavy atom. The lowest BCUT2D eigenvalue weighted by molar-refractivity contribution is -0.141. The quantitative estimate of drug-likeness (QED) is 0.732. The summed E-state index contributed by atoms with van der Waals surface area (Å²) in [4.78, 5) is 27.9. The summed E-state index contributed by atoms with van der Waals surface area (Å²) in [6, 6.07) is 9.18. The van der Waals surface area contributed by atoms with Crippen molar-refractivity contribution < 1.29 is 24.2 Å². The molecule has 0 saturated carbocycles. The van der Waals surface area contributed by atoms with Gasteiger partial charge >= 0.3 is 12.1 Å². The van der Waals surface area contributed by atoms with Gasteiger partial charge in [-0.15, -0.1) is 0 Å². The maximum absolute atomic E-state index is 12.8. The Kier molecular flexibility index (Phi) is 5.93. The van der Waals surface area contributed by atoms with Crippen LogP contribution in [0.4, 0.5) is 4.79 Å². The molecule has 3 aliphatic rings. The fourth-order valence-electron chi connectivity index (χ4n) is 5.22. The number of rotatable bonds is 3. The number of benzene rings is 2. The zero-order chi connectivity index (χ0) is 23.1. The number of carbonyl (C=O) groups excluding carboxylic acids is 1. The van der Waals surface area contributed by atoms with E-state index in [1.165, 1.54) is 10.5 Å². The molecule has 0 bridgehead atoms. The van der Waals surface area contributed by atoms with Gasteiger partial charge in [0.25, 0.3) is 0 Å². The van der Waals surface area contributed by atoms with Gasteiger partial charge in [0.15, 0.2) is 5.75 Å². The van der Waals surface area contributed by atoms with E-state index in [4.69, 9.17) is 21.1 Å². The molecule has 0 spiro atoms. The highest BCUT2D eigenvalue weighted by Crippen LogP contribution is 2.42. The molecule has 5 rings (SSSR count). The number of hydrogen-bond acceptors (Lipinski definition) is 5. The summed E-state index contributed by atoms with van der Waals surface area (Å²) in [5.41, 5.74) is 4.53. The van der Waals surface area contributed by atoms with E-state index < -0.39 is 18.1 Å². The molecule has 7 nitrogen and oxygen atoms in total. The van der Waals surface area contributed by atoms with Crippen LogP contribution in [-0.2, 0) is 17.6 Å². The van der Waals surface area contributed by atoms with E-state index >= 15 is 0 Å². The van der Waals surface area contributed by atoms with Gasteiger partial charge in [0, 0.05) is 37.5 Å². The lowest BCUT2D eigenvalue weighted by atomic mass is 9.86. The van der Waals surface area contributed by atoms with Crippen molar-refractivity contribution in [3.8, 4) is 11.5 Å². The van der Waals surface area contributed by atoms with Crippen LogP contribution in [-0.4, -0.2) is 66.3 Å². The summed E-state index contributed by atoms with van der Waals surface area (Å²) in [7, 11) is 2.10. The molecular weight excluding hydrogens is 444 g/mol. The van der Waals surface area contributed by atoms with Gasteiger partial charge in [0.05, 0.1) is 11.6 Å².